The molecule has 1 aliphatic heterocycles. The van der Waals surface area contributed by atoms with E-state index in [-0.39, 0.29) is 0 Å². The second-order valence-corrected chi connectivity index (χ2v) is 3.20. The molecule has 4 heteroatoms. The van der Waals surface area contributed by atoms with Gasteiger partial charge in [0.15, 0.2) is 0 Å². The molecule has 0 unspecified atom stereocenters. The summed E-state index contributed by atoms with van der Waals surface area (Å²) >= 11 is 0. The molecule has 1 fully saturated rings. The fourth-order valence-electron chi connectivity index (χ4n) is 1.59. The monoisotopic (exact) mass is 178 g/mol. The minimum absolute atomic E-state index is 0.355. The molecule has 0 radical (unpaired) electrons. The van der Waals surface area contributed by atoms with Crippen molar-refractivity contribution < 1.29 is 0 Å². The van der Waals surface area contributed by atoms with Crippen LogP contribution in [0.2, 0.25) is 0 Å². The van der Waals surface area contributed by atoms with Crippen LogP contribution in [0.15, 0.2) is 12.3 Å². The highest BCUT2D eigenvalue weighted by molar-refractivity contribution is 5.32. The summed E-state index contributed by atoms with van der Waals surface area (Å²) in [6.45, 7) is 1.08. The Balaban J connectivity index is 2.18. The first-order valence-electron chi connectivity index (χ1n) is 4.64. The molecular formula is C9H14N4. The van der Waals surface area contributed by atoms with Gasteiger partial charge < -0.3 is 10.6 Å². The molecule has 2 rings (SSSR count). The number of anilines is 1. The van der Waals surface area contributed by atoms with Crippen LogP contribution in [0.1, 0.15) is 24.7 Å². The van der Waals surface area contributed by atoms with Crippen molar-refractivity contribution in [2.24, 2.45) is 0 Å². The second kappa shape index (κ2) is 3.70. The molecule has 0 amide bonds. The largest absolute Gasteiger partial charge is 0.373 e. The van der Waals surface area contributed by atoms with Crippen LogP contribution < -0.4 is 10.6 Å². The van der Waals surface area contributed by atoms with Gasteiger partial charge in [-0.25, -0.2) is 9.97 Å². The standard InChI is InChI=1S/C9H14N4/c1-10-8-4-6-12-9(13-8)7-3-2-5-11-7/h4,6-7,11H,2-3,5H2,1H3,(H,10,12,13)/t7-/m1/s1. The van der Waals surface area contributed by atoms with Crippen LogP contribution >= 0.6 is 0 Å². The van der Waals surface area contributed by atoms with Crippen molar-refractivity contribution >= 4 is 5.82 Å². The predicted molar refractivity (Wildman–Crippen MR) is 51.6 cm³/mol. The summed E-state index contributed by atoms with van der Waals surface area (Å²) in [6.07, 6.45) is 4.17. The Kier molecular flexibility index (Phi) is 2.40. The minimum atomic E-state index is 0.355. The van der Waals surface area contributed by atoms with Gasteiger partial charge in [-0.2, -0.15) is 0 Å². The molecule has 0 bridgehead atoms. The van der Waals surface area contributed by atoms with E-state index in [0.29, 0.717) is 6.04 Å². The number of rotatable bonds is 2. The molecular weight excluding hydrogens is 164 g/mol. The highest BCUT2D eigenvalue weighted by Crippen LogP contribution is 2.19. The van der Waals surface area contributed by atoms with Gasteiger partial charge in [0.25, 0.3) is 0 Å². The fraction of sp³-hybridized carbons (Fsp3) is 0.556. The molecule has 1 aromatic heterocycles. The highest BCUT2D eigenvalue weighted by Gasteiger charge is 2.18. The molecule has 13 heavy (non-hydrogen) atoms. The van der Waals surface area contributed by atoms with Gasteiger partial charge in [0.2, 0.25) is 0 Å². The average Bonchev–Trinajstić information content (AvgIpc) is 2.71. The molecule has 1 atom stereocenters. The van der Waals surface area contributed by atoms with Crippen LogP contribution in [-0.2, 0) is 0 Å². The van der Waals surface area contributed by atoms with Gasteiger partial charge in [0.05, 0.1) is 6.04 Å². The van der Waals surface area contributed by atoms with Crippen molar-refractivity contribution in [2.75, 3.05) is 18.9 Å². The number of hydrogen-bond donors (Lipinski definition) is 2. The smallest absolute Gasteiger partial charge is 0.147 e. The Morgan fingerprint density at radius 2 is 2.54 bits per heavy atom. The van der Waals surface area contributed by atoms with Gasteiger partial charge >= 0.3 is 0 Å². The lowest BCUT2D eigenvalue weighted by atomic mass is 10.2. The van der Waals surface area contributed by atoms with Crippen LogP contribution in [0.25, 0.3) is 0 Å². The van der Waals surface area contributed by atoms with Gasteiger partial charge in [-0.15, -0.1) is 0 Å². The summed E-state index contributed by atoms with van der Waals surface area (Å²) in [6, 6.07) is 2.23. The molecule has 2 N–H and O–H groups in total. The van der Waals surface area contributed by atoms with Crippen LogP contribution in [0, 0.1) is 0 Å². The van der Waals surface area contributed by atoms with E-state index < -0.39 is 0 Å². The quantitative estimate of drug-likeness (QED) is 0.707. The van der Waals surface area contributed by atoms with Gasteiger partial charge in [0.1, 0.15) is 11.6 Å². The van der Waals surface area contributed by atoms with Crippen LogP contribution in [0.4, 0.5) is 5.82 Å². The third-order valence-electron chi connectivity index (χ3n) is 2.30. The van der Waals surface area contributed by atoms with Crippen molar-refractivity contribution in [2.45, 2.75) is 18.9 Å². The summed E-state index contributed by atoms with van der Waals surface area (Å²) in [4.78, 5) is 8.64. The van der Waals surface area contributed by atoms with Crippen LogP contribution in [-0.4, -0.2) is 23.6 Å². The number of hydrogen-bond acceptors (Lipinski definition) is 4. The number of nitrogens with one attached hydrogen (secondary N) is 2. The van der Waals surface area contributed by atoms with E-state index in [4.69, 9.17) is 0 Å². The predicted octanol–water partition coefficient (Wildman–Crippen LogP) is 0.943. The molecule has 0 spiro atoms. The lowest BCUT2D eigenvalue weighted by molar-refractivity contribution is 0.605. The number of nitrogens with zero attached hydrogens (tertiary/aromatic N) is 2. The lowest BCUT2D eigenvalue weighted by Crippen LogP contribution is -2.16. The van der Waals surface area contributed by atoms with Gasteiger partial charge in [-0.1, -0.05) is 0 Å². The summed E-state index contributed by atoms with van der Waals surface area (Å²) < 4.78 is 0. The van der Waals surface area contributed by atoms with Crippen LogP contribution in [0.5, 0.6) is 0 Å². The molecule has 2 heterocycles. The van der Waals surface area contributed by atoms with Crippen molar-refractivity contribution in [3.63, 3.8) is 0 Å². The van der Waals surface area contributed by atoms with Crippen molar-refractivity contribution in [3.05, 3.63) is 18.1 Å². The van der Waals surface area contributed by atoms with E-state index in [1.54, 1.807) is 6.20 Å². The Hall–Kier alpha value is -1.16. The lowest BCUT2D eigenvalue weighted by Gasteiger charge is -2.08. The second-order valence-electron chi connectivity index (χ2n) is 3.20. The Bertz CT molecular complexity index is 281. The molecule has 1 saturated heterocycles. The summed E-state index contributed by atoms with van der Waals surface area (Å²) in [5.41, 5.74) is 0. The van der Waals surface area contributed by atoms with E-state index in [1.807, 2.05) is 13.1 Å². The molecule has 1 aliphatic rings. The zero-order valence-corrected chi connectivity index (χ0v) is 7.75. The summed E-state index contributed by atoms with van der Waals surface area (Å²) in [5.74, 6) is 1.79. The maximum atomic E-state index is 4.39. The van der Waals surface area contributed by atoms with Gasteiger partial charge in [-0.3, -0.25) is 0 Å². The zero-order valence-electron chi connectivity index (χ0n) is 7.75. The number of aromatic nitrogens is 2. The first-order valence-corrected chi connectivity index (χ1v) is 4.64. The Morgan fingerprint density at radius 3 is 3.23 bits per heavy atom. The first-order chi connectivity index (χ1) is 6.40. The zero-order chi connectivity index (χ0) is 9.10. The third kappa shape index (κ3) is 1.78. The van der Waals surface area contributed by atoms with E-state index in [2.05, 4.69) is 20.6 Å². The van der Waals surface area contributed by atoms with Crippen LogP contribution in [0.3, 0.4) is 0 Å². The molecule has 0 saturated carbocycles. The van der Waals surface area contributed by atoms with Crippen molar-refractivity contribution in [3.8, 4) is 0 Å². The molecule has 0 aromatic carbocycles. The highest BCUT2D eigenvalue weighted by atomic mass is 15.1. The maximum Gasteiger partial charge on any atom is 0.147 e. The Morgan fingerprint density at radius 1 is 1.62 bits per heavy atom. The van der Waals surface area contributed by atoms with Crippen molar-refractivity contribution in [1.82, 2.24) is 15.3 Å². The van der Waals surface area contributed by atoms with E-state index >= 15 is 0 Å². The van der Waals surface area contributed by atoms with E-state index in [1.165, 1.54) is 6.42 Å². The topological polar surface area (TPSA) is 49.8 Å². The normalized spacial score (nSPS) is 21.8. The average molecular weight is 178 g/mol. The van der Waals surface area contributed by atoms with E-state index in [9.17, 15) is 0 Å². The van der Waals surface area contributed by atoms with Crippen molar-refractivity contribution in [1.29, 1.82) is 0 Å². The molecule has 4 nitrogen and oxygen atoms in total. The summed E-state index contributed by atoms with van der Waals surface area (Å²) in [5, 5.41) is 6.38. The maximum absolute atomic E-state index is 4.39. The Labute approximate surface area is 77.8 Å². The first kappa shape index (κ1) is 8.44. The van der Waals surface area contributed by atoms with Gasteiger partial charge in [0, 0.05) is 13.2 Å². The van der Waals surface area contributed by atoms with Gasteiger partial charge in [-0.05, 0) is 25.5 Å². The molecule has 1 aromatic rings. The van der Waals surface area contributed by atoms with E-state index in [0.717, 1.165) is 24.6 Å². The fourth-order valence-corrected chi connectivity index (χ4v) is 1.59. The SMILES string of the molecule is CNc1ccnc([C@H]2CCCN2)n1. The molecule has 0 aliphatic carbocycles. The third-order valence-corrected chi connectivity index (χ3v) is 2.30. The summed E-state index contributed by atoms with van der Waals surface area (Å²) in [7, 11) is 1.87. The minimum Gasteiger partial charge on any atom is -0.373 e. The molecule has 70 valence electrons.